The number of benzene rings is 2. The van der Waals surface area contributed by atoms with Crippen molar-refractivity contribution in [2.45, 2.75) is 12.3 Å². The Morgan fingerprint density at radius 1 is 1.00 bits per heavy atom. The van der Waals surface area contributed by atoms with E-state index >= 15 is 0 Å². The maximum Gasteiger partial charge on any atom is 0.269 e. The van der Waals surface area contributed by atoms with Crippen LogP contribution in [-0.4, -0.2) is 15.9 Å². The standard InChI is InChI=1S/C21H13Cl2N3O2S/c22-13-7-3-1-5-10(13)12-9-15(27)24-21-16(12)17-18(29-21)20(28)26-19(25-17)11-6-2-4-8-14(11)23/h1-8,12H,9H2,(H,24,27)(H,25,26,28). The van der Waals surface area contributed by atoms with Crippen molar-refractivity contribution in [3.8, 4) is 11.4 Å². The van der Waals surface area contributed by atoms with E-state index < -0.39 is 0 Å². The molecule has 144 valence electrons. The Balaban J connectivity index is 1.80. The zero-order chi connectivity index (χ0) is 20.1. The number of nitrogens with one attached hydrogen (secondary N) is 2. The van der Waals surface area contributed by atoms with Crippen LogP contribution in [0.1, 0.15) is 23.5 Å². The highest BCUT2D eigenvalue weighted by Crippen LogP contribution is 2.46. The smallest absolute Gasteiger partial charge is 0.269 e. The molecule has 0 aliphatic carbocycles. The lowest BCUT2D eigenvalue weighted by Crippen LogP contribution is -2.22. The Labute approximate surface area is 179 Å². The topological polar surface area (TPSA) is 74.8 Å². The SMILES string of the molecule is O=C1CC(c2ccccc2Cl)c2c(sc3c(=O)[nH]c(-c4ccccc4Cl)nc23)N1. The number of anilines is 1. The van der Waals surface area contributed by atoms with Gasteiger partial charge in [0.25, 0.3) is 5.56 Å². The van der Waals surface area contributed by atoms with E-state index in [0.29, 0.717) is 36.7 Å². The van der Waals surface area contributed by atoms with Gasteiger partial charge in [0.1, 0.15) is 15.5 Å². The minimum Gasteiger partial charge on any atom is -0.317 e. The van der Waals surface area contributed by atoms with Gasteiger partial charge in [-0.15, -0.1) is 11.3 Å². The fourth-order valence-electron chi connectivity index (χ4n) is 3.69. The number of amides is 1. The molecule has 5 rings (SSSR count). The first kappa shape index (κ1) is 18.4. The molecule has 2 aromatic heterocycles. The van der Waals surface area contributed by atoms with Gasteiger partial charge in [-0.1, -0.05) is 53.5 Å². The molecular weight excluding hydrogens is 429 g/mol. The Kier molecular flexibility index (Phi) is 4.42. The van der Waals surface area contributed by atoms with Gasteiger partial charge in [0, 0.05) is 28.5 Å². The predicted molar refractivity (Wildman–Crippen MR) is 117 cm³/mol. The van der Waals surface area contributed by atoms with E-state index in [0.717, 1.165) is 11.1 Å². The number of hydrogen-bond acceptors (Lipinski definition) is 4. The zero-order valence-corrected chi connectivity index (χ0v) is 17.2. The maximum atomic E-state index is 12.8. The van der Waals surface area contributed by atoms with Gasteiger partial charge in [-0.3, -0.25) is 9.59 Å². The molecule has 2 aromatic carbocycles. The van der Waals surface area contributed by atoms with Gasteiger partial charge in [0.2, 0.25) is 5.91 Å². The third-order valence-corrected chi connectivity index (χ3v) is 6.76. The van der Waals surface area contributed by atoms with E-state index in [-0.39, 0.29) is 23.8 Å². The molecule has 0 bridgehead atoms. The van der Waals surface area contributed by atoms with Gasteiger partial charge in [-0.2, -0.15) is 0 Å². The molecule has 4 aromatic rings. The summed E-state index contributed by atoms with van der Waals surface area (Å²) in [5.74, 6) is -0.00478. The Bertz CT molecular complexity index is 1350. The van der Waals surface area contributed by atoms with Crippen LogP contribution in [0.15, 0.2) is 53.3 Å². The summed E-state index contributed by atoms with van der Waals surface area (Å²) in [5.41, 5.74) is 2.59. The average Bonchev–Trinajstić information content (AvgIpc) is 3.07. The van der Waals surface area contributed by atoms with Crippen molar-refractivity contribution in [1.29, 1.82) is 0 Å². The van der Waals surface area contributed by atoms with Gasteiger partial charge in [0.05, 0.1) is 10.5 Å². The number of rotatable bonds is 2. The normalized spacial score (nSPS) is 15.9. The van der Waals surface area contributed by atoms with Crippen LogP contribution in [-0.2, 0) is 4.79 Å². The fourth-order valence-corrected chi connectivity index (χ4v) is 5.30. The van der Waals surface area contributed by atoms with Crippen LogP contribution in [0, 0.1) is 0 Å². The highest BCUT2D eigenvalue weighted by atomic mass is 35.5. The van der Waals surface area contributed by atoms with Crippen molar-refractivity contribution in [1.82, 2.24) is 9.97 Å². The quantitative estimate of drug-likeness (QED) is 0.435. The van der Waals surface area contributed by atoms with E-state index in [1.807, 2.05) is 30.3 Å². The Morgan fingerprint density at radius 2 is 1.72 bits per heavy atom. The van der Waals surface area contributed by atoms with Crippen molar-refractivity contribution in [3.05, 3.63) is 80.1 Å². The highest BCUT2D eigenvalue weighted by Gasteiger charge is 2.33. The number of aromatic amines is 1. The molecule has 1 unspecified atom stereocenters. The molecule has 1 aliphatic heterocycles. The molecule has 1 amide bonds. The first-order chi connectivity index (χ1) is 14.0. The van der Waals surface area contributed by atoms with Gasteiger partial charge >= 0.3 is 0 Å². The van der Waals surface area contributed by atoms with E-state index in [9.17, 15) is 9.59 Å². The summed E-state index contributed by atoms with van der Waals surface area (Å²) in [6.07, 6.45) is 0.235. The van der Waals surface area contributed by atoms with E-state index in [4.69, 9.17) is 28.2 Å². The van der Waals surface area contributed by atoms with Gasteiger partial charge in [-0.25, -0.2) is 4.98 Å². The molecule has 0 radical (unpaired) electrons. The Hall–Kier alpha value is -2.67. The number of H-pyrrole nitrogens is 1. The van der Waals surface area contributed by atoms with E-state index in [1.54, 1.807) is 18.2 Å². The molecule has 1 aliphatic rings. The summed E-state index contributed by atoms with van der Waals surface area (Å²) in [6, 6.07) is 14.6. The van der Waals surface area contributed by atoms with Crippen LogP contribution >= 0.6 is 34.5 Å². The molecule has 1 atom stereocenters. The Morgan fingerprint density at radius 3 is 2.48 bits per heavy atom. The second-order valence-electron chi connectivity index (χ2n) is 6.74. The summed E-state index contributed by atoms with van der Waals surface area (Å²) >= 11 is 14.0. The summed E-state index contributed by atoms with van der Waals surface area (Å²) in [4.78, 5) is 32.7. The number of hydrogen-bond donors (Lipinski definition) is 2. The number of aromatic nitrogens is 2. The predicted octanol–water partition coefficient (Wildman–Crippen LogP) is 5.43. The number of fused-ring (bicyclic) bond motifs is 3. The monoisotopic (exact) mass is 441 g/mol. The van der Waals surface area contributed by atoms with Gasteiger partial charge in [-0.05, 0) is 23.8 Å². The third kappa shape index (κ3) is 3.04. The molecule has 29 heavy (non-hydrogen) atoms. The van der Waals surface area contributed by atoms with Crippen LogP contribution < -0.4 is 10.9 Å². The molecule has 8 heteroatoms. The van der Waals surface area contributed by atoms with Crippen molar-refractivity contribution < 1.29 is 4.79 Å². The van der Waals surface area contributed by atoms with Crippen LogP contribution in [0.2, 0.25) is 10.0 Å². The summed E-state index contributed by atoms with van der Waals surface area (Å²) in [5, 5.41) is 4.59. The number of nitrogens with zero attached hydrogens (tertiary/aromatic N) is 1. The van der Waals surface area contributed by atoms with Crippen LogP contribution in [0.3, 0.4) is 0 Å². The minimum absolute atomic E-state index is 0.114. The maximum absolute atomic E-state index is 12.8. The first-order valence-electron chi connectivity index (χ1n) is 8.89. The minimum atomic E-state index is -0.283. The number of carbonyl (C=O) groups is 1. The van der Waals surface area contributed by atoms with Crippen LogP contribution in [0.25, 0.3) is 21.6 Å². The van der Waals surface area contributed by atoms with Crippen molar-refractivity contribution in [3.63, 3.8) is 0 Å². The van der Waals surface area contributed by atoms with E-state index in [2.05, 4.69) is 10.3 Å². The van der Waals surface area contributed by atoms with Crippen LogP contribution in [0.4, 0.5) is 5.00 Å². The van der Waals surface area contributed by atoms with Crippen LogP contribution in [0.5, 0.6) is 0 Å². The molecule has 0 saturated heterocycles. The molecule has 0 fully saturated rings. The summed E-state index contributed by atoms with van der Waals surface area (Å²) < 4.78 is 0.463. The number of carbonyl (C=O) groups excluding carboxylic acids is 1. The van der Waals surface area contributed by atoms with Crippen molar-refractivity contribution in [2.75, 3.05) is 5.32 Å². The van der Waals surface area contributed by atoms with Crippen molar-refractivity contribution in [2.24, 2.45) is 0 Å². The number of thiophene rings is 1. The largest absolute Gasteiger partial charge is 0.317 e. The van der Waals surface area contributed by atoms with Crippen molar-refractivity contribution >= 4 is 55.7 Å². The van der Waals surface area contributed by atoms with Gasteiger partial charge < -0.3 is 10.3 Å². The lowest BCUT2D eigenvalue weighted by molar-refractivity contribution is -0.116. The van der Waals surface area contributed by atoms with E-state index in [1.165, 1.54) is 11.3 Å². The molecule has 0 saturated carbocycles. The average molecular weight is 442 g/mol. The second-order valence-corrected chi connectivity index (χ2v) is 8.58. The highest BCUT2D eigenvalue weighted by molar-refractivity contribution is 7.23. The molecule has 5 nitrogen and oxygen atoms in total. The lowest BCUT2D eigenvalue weighted by atomic mass is 9.86. The van der Waals surface area contributed by atoms with Gasteiger partial charge in [0.15, 0.2) is 0 Å². The first-order valence-corrected chi connectivity index (χ1v) is 10.5. The zero-order valence-electron chi connectivity index (χ0n) is 14.8. The molecule has 2 N–H and O–H groups in total. The summed E-state index contributed by atoms with van der Waals surface area (Å²) in [7, 11) is 0. The summed E-state index contributed by atoms with van der Waals surface area (Å²) in [6.45, 7) is 0. The molecular formula is C21H13Cl2N3O2S. The second kappa shape index (κ2) is 6.99. The number of halogens is 2. The molecule has 0 spiro atoms. The third-order valence-electron chi connectivity index (χ3n) is 4.98. The fraction of sp³-hybridized carbons (Fsp3) is 0.0952. The molecule has 3 heterocycles. The lowest BCUT2D eigenvalue weighted by Gasteiger charge is -2.24.